The number of rotatable bonds is 3. The first kappa shape index (κ1) is 16.7. The Hall–Kier alpha value is -1.79. The second-order valence-electron chi connectivity index (χ2n) is 6.95. The molecule has 4 atom stereocenters. The van der Waals surface area contributed by atoms with Crippen LogP contribution >= 0.6 is 11.6 Å². The quantitative estimate of drug-likeness (QED) is 0.783. The molecule has 3 aliphatic heterocycles. The number of carbonyl (C=O) groups is 2. The van der Waals surface area contributed by atoms with Gasteiger partial charge in [0, 0.05) is 48.8 Å². The fourth-order valence-electron chi connectivity index (χ4n) is 4.36. The van der Waals surface area contributed by atoms with Crippen LogP contribution in [0.25, 0.3) is 0 Å². The second kappa shape index (κ2) is 6.50. The zero-order chi connectivity index (χ0) is 17.6. The first-order chi connectivity index (χ1) is 12.0. The highest BCUT2D eigenvalue weighted by Crippen LogP contribution is 2.44. The average molecular weight is 364 g/mol. The molecule has 3 fully saturated rings. The molecule has 1 aromatic rings. The molecule has 0 unspecified atom stereocenters. The minimum atomic E-state index is -1.16. The largest absolute Gasteiger partial charge is 0.550 e. The first-order valence-corrected chi connectivity index (χ1v) is 9.08. The number of nitrogens with zero attached hydrogens (tertiary/aromatic N) is 2. The third-order valence-electron chi connectivity index (χ3n) is 5.60. The zero-order valence-electron chi connectivity index (χ0n) is 13.8. The monoisotopic (exact) mass is 363 g/mol. The van der Waals surface area contributed by atoms with Gasteiger partial charge in [-0.1, -0.05) is 17.7 Å². The standard InChI is InChI=1S/C18H21ClN2O4/c19-11-2-1-3-12(10-11)20-6-8-21(9-7-20)17(22)15-13-4-5-14(25-13)16(15)18(23)24/h1-3,10,13-16H,4-9H2,(H,23,24)/p-1/t13-,14+,15-,16-/m0/s1. The highest BCUT2D eigenvalue weighted by atomic mass is 35.5. The van der Waals surface area contributed by atoms with Crippen molar-refractivity contribution in [2.75, 3.05) is 31.1 Å². The van der Waals surface area contributed by atoms with Crippen molar-refractivity contribution in [3.8, 4) is 0 Å². The number of ether oxygens (including phenoxy) is 1. The summed E-state index contributed by atoms with van der Waals surface area (Å²) in [5, 5.41) is 12.2. The number of benzene rings is 1. The molecule has 3 aliphatic rings. The highest BCUT2D eigenvalue weighted by Gasteiger charge is 2.53. The summed E-state index contributed by atoms with van der Waals surface area (Å²) in [6.45, 7) is 2.53. The maximum absolute atomic E-state index is 12.9. The summed E-state index contributed by atoms with van der Waals surface area (Å²) in [6, 6.07) is 7.65. The zero-order valence-corrected chi connectivity index (χ0v) is 14.5. The number of piperazine rings is 1. The Kier molecular flexibility index (Phi) is 4.33. The van der Waals surface area contributed by atoms with Gasteiger partial charge in [-0.25, -0.2) is 0 Å². The Morgan fingerprint density at radius 2 is 1.76 bits per heavy atom. The third kappa shape index (κ3) is 2.98. The molecular formula is C18H20ClN2O4-. The summed E-state index contributed by atoms with van der Waals surface area (Å²) in [4.78, 5) is 28.3. The lowest BCUT2D eigenvalue weighted by Gasteiger charge is -2.39. The second-order valence-corrected chi connectivity index (χ2v) is 7.39. The number of aliphatic carboxylic acids is 1. The van der Waals surface area contributed by atoms with Crippen molar-refractivity contribution in [2.24, 2.45) is 11.8 Å². The molecule has 7 heteroatoms. The maximum Gasteiger partial charge on any atom is 0.229 e. The van der Waals surface area contributed by atoms with Crippen molar-refractivity contribution in [3.05, 3.63) is 29.3 Å². The van der Waals surface area contributed by atoms with Gasteiger partial charge in [-0.3, -0.25) is 4.79 Å². The molecule has 0 radical (unpaired) electrons. The van der Waals surface area contributed by atoms with Gasteiger partial charge < -0.3 is 24.4 Å². The van der Waals surface area contributed by atoms with Gasteiger partial charge in [0.05, 0.1) is 18.1 Å². The number of amides is 1. The van der Waals surface area contributed by atoms with Crippen LogP contribution in [-0.4, -0.2) is 55.2 Å². The number of halogens is 1. The minimum absolute atomic E-state index is 0.104. The molecule has 1 aromatic carbocycles. The summed E-state index contributed by atoms with van der Waals surface area (Å²) in [6.07, 6.45) is 0.825. The molecule has 0 aromatic heterocycles. The number of anilines is 1. The molecule has 25 heavy (non-hydrogen) atoms. The lowest BCUT2D eigenvalue weighted by atomic mass is 9.78. The molecular weight excluding hydrogens is 344 g/mol. The average Bonchev–Trinajstić information content (AvgIpc) is 3.22. The smallest absolute Gasteiger partial charge is 0.229 e. The Bertz CT molecular complexity index is 689. The van der Waals surface area contributed by atoms with Gasteiger partial charge in [0.25, 0.3) is 0 Å². The van der Waals surface area contributed by atoms with E-state index in [4.69, 9.17) is 16.3 Å². The highest BCUT2D eigenvalue weighted by molar-refractivity contribution is 6.30. The number of carbonyl (C=O) groups excluding carboxylic acids is 2. The van der Waals surface area contributed by atoms with Gasteiger partial charge in [0.1, 0.15) is 0 Å². The summed E-state index contributed by atoms with van der Waals surface area (Å²) in [7, 11) is 0. The Morgan fingerprint density at radius 1 is 1.08 bits per heavy atom. The topological polar surface area (TPSA) is 72.9 Å². The van der Waals surface area contributed by atoms with E-state index in [0.717, 1.165) is 12.1 Å². The number of fused-ring (bicyclic) bond motifs is 2. The van der Waals surface area contributed by atoms with Gasteiger partial charge in [-0.2, -0.15) is 0 Å². The molecule has 2 bridgehead atoms. The first-order valence-electron chi connectivity index (χ1n) is 8.70. The van der Waals surface area contributed by atoms with Crippen LogP contribution in [-0.2, 0) is 14.3 Å². The van der Waals surface area contributed by atoms with Crippen molar-refractivity contribution in [3.63, 3.8) is 0 Å². The Morgan fingerprint density at radius 3 is 2.40 bits per heavy atom. The molecule has 0 spiro atoms. The predicted molar refractivity (Wildman–Crippen MR) is 90.1 cm³/mol. The van der Waals surface area contributed by atoms with Crippen LogP contribution in [0.2, 0.25) is 5.02 Å². The molecule has 0 N–H and O–H groups in total. The normalized spacial score (nSPS) is 31.4. The predicted octanol–water partition coefficient (Wildman–Crippen LogP) is 0.532. The minimum Gasteiger partial charge on any atom is -0.550 e. The summed E-state index contributed by atoms with van der Waals surface area (Å²) >= 11 is 6.04. The molecule has 6 nitrogen and oxygen atoms in total. The van der Waals surface area contributed by atoms with E-state index >= 15 is 0 Å². The molecule has 1 amide bonds. The van der Waals surface area contributed by atoms with Crippen LogP contribution in [0.15, 0.2) is 24.3 Å². The summed E-state index contributed by atoms with van der Waals surface area (Å²) in [5.41, 5.74) is 1.04. The van der Waals surface area contributed by atoms with Gasteiger partial charge in [0.15, 0.2) is 0 Å². The Labute approximate surface area is 151 Å². The lowest BCUT2D eigenvalue weighted by molar-refractivity contribution is -0.314. The number of hydrogen-bond acceptors (Lipinski definition) is 5. The molecule has 0 saturated carbocycles. The lowest BCUT2D eigenvalue weighted by Crippen LogP contribution is -2.54. The van der Waals surface area contributed by atoms with Gasteiger partial charge in [-0.15, -0.1) is 0 Å². The SMILES string of the molecule is O=C([O-])[C@@H]1[C@@H](C(=O)N2CCN(c3cccc(Cl)c3)CC2)[C@@H]2CC[C@H]1O2. The van der Waals surface area contributed by atoms with Crippen LogP contribution in [0.4, 0.5) is 5.69 Å². The van der Waals surface area contributed by atoms with E-state index in [1.54, 1.807) is 4.90 Å². The van der Waals surface area contributed by atoms with Crippen LogP contribution in [0.1, 0.15) is 12.8 Å². The van der Waals surface area contributed by atoms with Crippen LogP contribution in [0.5, 0.6) is 0 Å². The third-order valence-corrected chi connectivity index (χ3v) is 5.83. The van der Waals surface area contributed by atoms with Crippen molar-refractivity contribution < 1.29 is 19.4 Å². The molecule has 0 aliphatic carbocycles. The van der Waals surface area contributed by atoms with E-state index in [1.165, 1.54) is 0 Å². The summed E-state index contributed by atoms with van der Waals surface area (Å²) < 4.78 is 5.68. The van der Waals surface area contributed by atoms with Crippen LogP contribution in [0, 0.1) is 11.8 Å². The molecule has 3 saturated heterocycles. The van der Waals surface area contributed by atoms with E-state index in [2.05, 4.69) is 4.90 Å². The fraction of sp³-hybridized carbons (Fsp3) is 0.556. The molecule has 134 valence electrons. The van der Waals surface area contributed by atoms with Crippen LogP contribution < -0.4 is 10.0 Å². The number of carboxylic acid groups (broad SMARTS) is 1. The van der Waals surface area contributed by atoms with Gasteiger partial charge >= 0.3 is 0 Å². The molecule has 4 rings (SSSR count). The van der Waals surface area contributed by atoms with E-state index in [9.17, 15) is 14.7 Å². The van der Waals surface area contributed by atoms with E-state index in [0.29, 0.717) is 37.6 Å². The van der Waals surface area contributed by atoms with Crippen molar-refractivity contribution >= 4 is 29.2 Å². The van der Waals surface area contributed by atoms with Crippen molar-refractivity contribution in [2.45, 2.75) is 25.0 Å². The summed E-state index contributed by atoms with van der Waals surface area (Å²) in [5.74, 6) is -2.67. The van der Waals surface area contributed by atoms with E-state index in [1.807, 2.05) is 24.3 Å². The van der Waals surface area contributed by atoms with Gasteiger partial charge in [0.2, 0.25) is 5.91 Å². The number of carboxylic acids is 1. The van der Waals surface area contributed by atoms with E-state index in [-0.39, 0.29) is 18.1 Å². The molecule has 3 heterocycles. The van der Waals surface area contributed by atoms with Crippen molar-refractivity contribution in [1.29, 1.82) is 0 Å². The Balaban J connectivity index is 1.42. The van der Waals surface area contributed by atoms with Crippen LogP contribution in [0.3, 0.4) is 0 Å². The maximum atomic E-state index is 12.9. The van der Waals surface area contributed by atoms with Crippen molar-refractivity contribution in [1.82, 2.24) is 4.90 Å². The van der Waals surface area contributed by atoms with E-state index < -0.39 is 17.8 Å². The number of hydrogen-bond donors (Lipinski definition) is 0. The van der Waals surface area contributed by atoms with Gasteiger partial charge in [-0.05, 0) is 31.0 Å². The fourth-order valence-corrected chi connectivity index (χ4v) is 4.54.